The highest BCUT2D eigenvalue weighted by Crippen LogP contribution is 2.72. The van der Waals surface area contributed by atoms with Gasteiger partial charge in [-0.05, 0) is 128 Å². The van der Waals surface area contributed by atoms with Crippen LogP contribution in [0.5, 0.6) is 11.5 Å². The van der Waals surface area contributed by atoms with Gasteiger partial charge in [0, 0.05) is 73.3 Å². The Balaban J connectivity index is 0.766. The van der Waals surface area contributed by atoms with Crippen LogP contribution < -0.4 is 25.4 Å². The number of rotatable bonds is 26. The second-order valence-corrected chi connectivity index (χ2v) is 28.1. The van der Waals surface area contributed by atoms with Gasteiger partial charge in [-0.25, -0.2) is 24.4 Å². The van der Waals surface area contributed by atoms with Crippen molar-refractivity contribution in [2.45, 2.75) is 128 Å². The maximum absolute atomic E-state index is 14.1. The Hall–Kier alpha value is -7.38. The predicted molar refractivity (Wildman–Crippen MR) is 331 cm³/mol. The molecule has 3 aromatic heterocycles. The lowest BCUT2D eigenvalue weighted by Gasteiger charge is -2.69. The number of thiazole rings is 1. The first-order valence-corrected chi connectivity index (χ1v) is 32.7. The number of carboxylic acid groups (broad SMARTS) is 2. The average Bonchev–Trinajstić information content (AvgIpc) is 1.06. The molecule has 12 rings (SSSR count). The van der Waals surface area contributed by atoms with Crippen LogP contribution in [0.3, 0.4) is 0 Å². The molecule has 488 valence electrons. The molecular weight excluding hydrogens is 1220 g/mol. The monoisotopic (exact) mass is 1300 g/mol. The Morgan fingerprint density at radius 2 is 1.65 bits per heavy atom. The van der Waals surface area contributed by atoms with E-state index in [4.69, 9.17) is 44.2 Å². The van der Waals surface area contributed by atoms with Crippen LogP contribution in [-0.2, 0) is 60.0 Å². The summed E-state index contributed by atoms with van der Waals surface area (Å²) in [5.41, 5.74) is 9.67. The fourth-order valence-corrected chi connectivity index (χ4v) is 16.7. The molecule has 2 aliphatic heterocycles. The van der Waals surface area contributed by atoms with Gasteiger partial charge in [0.1, 0.15) is 48.8 Å². The topological polar surface area (TPSA) is 367 Å². The molecule has 2 unspecified atom stereocenters. The number of hydrogen-bond acceptors (Lipinski definition) is 21. The second-order valence-electron chi connectivity index (χ2n) is 25.5. The van der Waals surface area contributed by atoms with Gasteiger partial charge in [0.05, 0.1) is 47.6 Å². The van der Waals surface area contributed by atoms with E-state index in [1.165, 1.54) is 34.4 Å². The Morgan fingerprint density at radius 1 is 0.868 bits per heavy atom. The number of nitrogens with one attached hydrogen (secondary N) is 1. The number of carbonyl (C=O) groups is 4. The lowest BCUT2D eigenvalue weighted by Crippen LogP contribution is -2.64. The average molecular weight is 1300 g/mol. The number of aliphatic hydroxyl groups is 3. The molecule has 1 saturated heterocycles. The van der Waals surface area contributed by atoms with E-state index in [0.717, 1.165) is 59.1 Å². The third-order valence-electron chi connectivity index (χ3n) is 18.0. The Kier molecular flexibility index (Phi) is 18.8. The van der Waals surface area contributed by atoms with Crippen LogP contribution in [0.4, 0.5) is 15.7 Å². The van der Waals surface area contributed by atoms with Gasteiger partial charge in [-0.2, -0.15) is 13.5 Å². The van der Waals surface area contributed by atoms with E-state index in [1.807, 2.05) is 59.0 Å². The number of carboxylic acids is 2. The number of anilines is 2. The number of para-hydroxylation sites is 1. The number of aromatic nitrogens is 4. The zero-order valence-electron chi connectivity index (χ0n) is 50.7. The maximum atomic E-state index is 14.1. The SMILES string of the molecule is Cc1c(-c2ccc(N3CCc4cccc(C(=O)Nc5nc6ccccc6s5)c4C3)nc2C(=O)O)cnn1CC12CC3(C)CC(C)(C1)CC(OCCN(CCCS(=O)(=O)O)C(=O)OCc1ccc(O[C@@H]4O[C@H](C(=O)O)[C@@H](O)[C@H](O)[C@H]4O)cc1OCCOCCN)(C3)C2. The zero-order valence-corrected chi connectivity index (χ0v) is 52.3. The van der Waals surface area contributed by atoms with E-state index in [0.29, 0.717) is 65.7 Å². The van der Waals surface area contributed by atoms with Gasteiger partial charge in [0.2, 0.25) is 6.29 Å². The molecule has 6 aliphatic rings. The summed E-state index contributed by atoms with van der Waals surface area (Å²) in [6.45, 7) is 8.16. The molecule has 2 amide bonds. The Morgan fingerprint density at radius 3 is 2.38 bits per heavy atom. The third-order valence-corrected chi connectivity index (χ3v) is 19.8. The molecule has 7 atom stereocenters. The molecule has 0 spiro atoms. The first kappa shape index (κ1) is 65.1. The van der Waals surface area contributed by atoms with Gasteiger partial charge in [-0.15, -0.1) is 0 Å². The third kappa shape index (κ3) is 14.5. The van der Waals surface area contributed by atoms with E-state index in [1.54, 1.807) is 18.3 Å². The van der Waals surface area contributed by atoms with Gasteiger partial charge in [-0.1, -0.05) is 49.4 Å². The van der Waals surface area contributed by atoms with Crippen LogP contribution in [0.15, 0.2) is 79.0 Å². The minimum Gasteiger partial charge on any atom is -0.491 e. The minimum atomic E-state index is -4.39. The van der Waals surface area contributed by atoms with Crippen LogP contribution in [0.1, 0.15) is 102 Å². The highest BCUT2D eigenvalue weighted by atomic mass is 32.2. The molecule has 3 aromatic carbocycles. The largest absolute Gasteiger partial charge is 0.491 e. The number of fused-ring (bicyclic) bond motifs is 2. The lowest BCUT2D eigenvalue weighted by molar-refractivity contribution is -0.271. The summed E-state index contributed by atoms with van der Waals surface area (Å²) in [5.74, 6) is -3.10. The van der Waals surface area contributed by atoms with Crippen LogP contribution >= 0.6 is 11.3 Å². The van der Waals surface area contributed by atoms with Crippen LogP contribution in [-0.4, -0.2) is 182 Å². The quantitative estimate of drug-likeness (QED) is 0.0226. The van der Waals surface area contributed by atoms with Gasteiger partial charge < -0.3 is 69.5 Å². The molecule has 4 saturated carbocycles. The van der Waals surface area contributed by atoms with Gasteiger partial charge in [0.25, 0.3) is 16.0 Å². The molecule has 91 heavy (non-hydrogen) atoms. The molecule has 9 N–H and O–H groups in total. The van der Waals surface area contributed by atoms with Gasteiger partial charge in [0.15, 0.2) is 16.9 Å². The highest BCUT2D eigenvalue weighted by molar-refractivity contribution is 7.85. The fourth-order valence-electron chi connectivity index (χ4n) is 15.3. The van der Waals surface area contributed by atoms with Crippen LogP contribution in [0.25, 0.3) is 21.3 Å². The summed E-state index contributed by atoms with van der Waals surface area (Å²) in [6, 6.07) is 21.2. The highest BCUT2D eigenvalue weighted by Gasteiger charge is 2.66. The predicted octanol–water partition coefficient (Wildman–Crippen LogP) is 6.05. The Bertz CT molecular complexity index is 3770. The number of benzene rings is 3. The van der Waals surface area contributed by atoms with Crippen molar-refractivity contribution < 1.29 is 86.1 Å². The summed E-state index contributed by atoms with van der Waals surface area (Å²) in [5, 5.41) is 59.8. The zero-order chi connectivity index (χ0) is 64.6. The fraction of sp³-hybridized carbons (Fsp3) is 0.508. The summed E-state index contributed by atoms with van der Waals surface area (Å²) in [6.07, 6.45) is -2.94. The number of nitrogens with zero attached hydrogens (tertiary/aromatic N) is 6. The van der Waals surface area contributed by atoms with E-state index in [9.17, 15) is 57.7 Å². The van der Waals surface area contributed by atoms with Crippen molar-refractivity contribution in [1.29, 1.82) is 0 Å². The van der Waals surface area contributed by atoms with E-state index >= 15 is 0 Å². The van der Waals surface area contributed by atoms with Gasteiger partial charge >= 0.3 is 18.0 Å². The molecule has 5 fully saturated rings. The molecule has 0 radical (unpaired) electrons. The molecule has 6 aromatic rings. The number of hydrogen-bond donors (Lipinski definition) is 8. The maximum Gasteiger partial charge on any atom is 0.410 e. The van der Waals surface area contributed by atoms with Crippen molar-refractivity contribution in [1.82, 2.24) is 24.6 Å². The van der Waals surface area contributed by atoms with Crippen molar-refractivity contribution in [2.24, 2.45) is 22.0 Å². The number of aliphatic carboxylic acids is 1. The first-order chi connectivity index (χ1) is 43.3. The number of carbonyl (C=O) groups excluding carboxylic acids is 2. The Labute approximate surface area is 528 Å². The van der Waals surface area contributed by atoms with E-state index in [-0.39, 0.29) is 98.4 Å². The molecule has 5 heterocycles. The summed E-state index contributed by atoms with van der Waals surface area (Å²) in [4.78, 5) is 65.5. The van der Waals surface area contributed by atoms with Gasteiger partial charge in [-0.3, -0.25) is 19.3 Å². The summed E-state index contributed by atoms with van der Waals surface area (Å²) < 4.78 is 71.6. The molecule has 4 bridgehead atoms. The smallest absolute Gasteiger partial charge is 0.410 e. The van der Waals surface area contributed by atoms with Crippen molar-refractivity contribution >= 4 is 66.6 Å². The number of aliphatic hydroxyl groups excluding tert-OH is 3. The van der Waals surface area contributed by atoms with Crippen LogP contribution in [0, 0.1) is 23.2 Å². The number of amides is 2. The van der Waals surface area contributed by atoms with E-state index in [2.05, 4.69) is 24.1 Å². The van der Waals surface area contributed by atoms with Crippen molar-refractivity contribution in [3.63, 3.8) is 0 Å². The summed E-state index contributed by atoms with van der Waals surface area (Å²) in [7, 11) is -4.39. The van der Waals surface area contributed by atoms with Crippen molar-refractivity contribution in [2.75, 3.05) is 68.6 Å². The number of aromatic carboxylic acids is 1. The summed E-state index contributed by atoms with van der Waals surface area (Å²) >= 11 is 1.40. The van der Waals surface area contributed by atoms with Crippen molar-refractivity contribution in [3.8, 4) is 22.6 Å². The number of ether oxygens (including phenoxy) is 6. The van der Waals surface area contributed by atoms with Crippen LogP contribution in [0.2, 0.25) is 0 Å². The van der Waals surface area contributed by atoms with Crippen molar-refractivity contribution in [3.05, 3.63) is 113 Å². The normalized spacial score (nSPS) is 25.9. The van der Waals surface area contributed by atoms with E-state index < -0.39 is 70.2 Å². The first-order valence-electron chi connectivity index (χ1n) is 30.3. The minimum absolute atomic E-state index is 0.00134. The number of pyridine rings is 1. The molecule has 4 aliphatic carbocycles. The molecule has 28 heteroatoms. The molecule has 26 nitrogen and oxygen atoms in total. The molecular formula is C63H76N8O18S2. The lowest BCUT2D eigenvalue weighted by atomic mass is 9.39. The number of nitrogens with two attached hydrogens (primary N) is 1. The standard InChI is InChI=1S/C63H76N8O18S2/c1-37-43(41-14-15-48(67-49(41)55(76)77)70-19-16-38-8-6-9-42(44(38)28-70)54(75)68-58-66-45-10-4-5-11-47(45)90-58)27-65-71(37)36-62-31-60(2)30-61(3,32-62)34-63(33-60,35-62)87-22-20-69(18-7-25-91(81,82)83)59(80)86-29-39-12-13-40(26-46(39)85-24-23-84-21-17-64)88-57-52(74)50(72)51(73)53(89-57)56(78)79/h4-6,8-15,26-27,50-53,57,72-74H,7,16-25,28-36,64H2,1-3H3,(H,76,77)(H,78,79)(H,66,68,75)(H,81,82,83)/t50-,51-,52+,53-,57+,60?,61?,62?,63?/m0/s1. The second kappa shape index (κ2) is 26.3.